The van der Waals surface area contributed by atoms with Crippen molar-refractivity contribution < 1.29 is 0 Å². The molecular formula is C13H20N2. The summed E-state index contributed by atoms with van der Waals surface area (Å²) in [6.45, 7) is 8.43. The quantitative estimate of drug-likeness (QED) is 0.743. The Morgan fingerprint density at radius 2 is 2.07 bits per heavy atom. The van der Waals surface area contributed by atoms with E-state index >= 15 is 0 Å². The van der Waals surface area contributed by atoms with Crippen molar-refractivity contribution in [3.8, 4) is 0 Å². The zero-order valence-electron chi connectivity index (χ0n) is 9.66. The fourth-order valence-corrected chi connectivity index (χ4v) is 1.58. The molecule has 15 heavy (non-hydrogen) atoms. The van der Waals surface area contributed by atoms with E-state index in [1.54, 1.807) is 0 Å². The third kappa shape index (κ3) is 3.86. The van der Waals surface area contributed by atoms with Gasteiger partial charge >= 0.3 is 0 Å². The van der Waals surface area contributed by atoms with Gasteiger partial charge in [0.05, 0.1) is 0 Å². The molecule has 1 aromatic carbocycles. The van der Waals surface area contributed by atoms with Crippen molar-refractivity contribution in [2.45, 2.75) is 13.5 Å². The van der Waals surface area contributed by atoms with Crippen LogP contribution in [-0.4, -0.2) is 25.0 Å². The second-order valence-corrected chi connectivity index (χ2v) is 4.05. The molecule has 0 amide bonds. The number of aryl methyl sites for hydroxylation is 1. The zero-order chi connectivity index (χ0) is 11.3. The highest BCUT2D eigenvalue weighted by Crippen LogP contribution is 2.09. The number of rotatable bonds is 5. The molecule has 0 fully saturated rings. The molecule has 0 saturated carbocycles. The van der Waals surface area contributed by atoms with Crippen LogP contribution in [0.1, 0.15) is 11.1 Å². The van der Waals surface area contributed by atoms with E-state index in [2.05, 4.69) is 49.7 Å². The average Bonchev–Trinajstić information content (AvgIpc) is 2.21. The fourth-order valence-electron chi connectivity index (χ4n) is 1.58. The first-order valence-electron chi connectivity index (χ1n) is 5.23. The number of likely N-dealkylation sites (N-methyl/N-ethyl adjacent to an activating group) is 1. The Labute approximate surface area is 92.4 Å². The van der Waals surface area contributed by atoms with Crippen LogP contribution in [-0.2, 0) is 6.54 Å². The van der Waals surface area contributed by atoms with E-state index in [1.807, 2.05) is 0 Å². The molecule has 1 rings (SSSR count). The number of hydrogen-bond acceptors (Lipinski definition) is 2. The molecule has 2 heteroatoms. The van der Waals surface area contributed by atoms with Gasteiger partial charge in [-0.3, -0.25) is 4.90 Å². The summed E-state index contributed by atoms with van der Waals surface area (Å²) >= 11 is 0. The molecule has 0 aliphatic rings. The number of benzene rings is 1. The van der Waals surface area contributed by atoms with E-state index in [0.717, 1.165) is 18.7 Å². The summed E-state index contributed by atoms with van der Waals surface area (Å²) in [4.78, 5) is 2.23. The largest absolute Gasteiger partial charge is 0.327 e. The van der Waals surface area contributed by atoms with Gasteiger partial charge in [-0.25, -0.2) is 0 Å². The first-order chi connectivity index (χ1) is 7.13. The smallest absolute Gasteiger partial charge is 0.0236 e. The van der Waals surface area contributed by atoms with Crippen molar-refractivity contribution in [1.82, 2.24) is 4.90 Å². The molecule has 0 aliphatic heterocycles. The lowest BCUT2D eigenvalue weighted by atomic mass is 10.1. The van der Waals surface area contributed by atoms with E-state index in [0.29, 0.717) is 6.54 Å². The van der Waals surface area contributed by atoms with Crippen LogP contribution in [0.2, 0.25) is 0 Å². The molecule has 0 radical (unpaired) electrons. The molecule has 0 heterocycles. The predicted molar refractivity (Wildman–Crippen MR) is 65.7 cm³/mol. The standard InChI is InChI=1S/C13H20N2/c1-11(8-14)9-15(3)10-13-7-5-4-6-12(13)2/h4-7H,1,8-10,14H2,2-3H3. The third-order valence-corrected chi connectivity index (χ3v) is 2.48. The minimum atomic E-state index is 0.568. The van der Waals surface area contributed by atoms with Crippen LogP contribution in [0.15, 0.2) is 36.4 Å². The number of hydrogen-bond donors (Lipinski definition) is 1. The van der Waals surface area contributed by atoms with Crippen LogP contribution in [0.3, 0.4) is 0 Å². The van der Waals surface area contributed by atoms with Crippen LogP contribution in [0.5, 0.6) is 0 Å². The van der Waals surface area contributed by atoms with Crippen LogP contribution in [0, 0.1) is 6.92 Å². The molecule has 0 aromatic heterocycles. The molecular weight excluding hydrogens is 184 g/mol. The molecule has 82 valence electrons. The lowest BCUT2D eigenvalue weighted by Crippen LogP contribution is -2.23. The lowest BCUT2D eigenvalue weighted by Gasteiger charge is -2.18. The second-order valence-electron chi connectivity index (χ2n) is 4.05. The maximum Gasteiger partial charge on any atom is 0.0236 e. The lowest BCUT2D eigenvalue weighted by molar-refractivity contribution is 0.353. The van der Waals surface area contributed by atoms with Gasteiger partial charge in [0.2, 0.25) is 0 Å². The van der Waals surface area contributed by atoms with Crippen LogP contribution in [0.4, 0.5) is 0 Å². The van der Waals surface area contributed by atoms with Crippen LogP contribution in [0.25, 0.3) is 0 Å². The van der Waals surface area contributed by atoms with Gasteiger partial charge in [0.15, 0.2) is 0 Å². The van der Waals surface area contributed by atoms with Crippen molar-refractivity contribution in [3.63, 3.8) is 0 Å². The monoisotopic (exact) mass is 204 g/mol. The van der Waals surface area contributed by atoms with Crippen molar-refractivity contribution >= 4 is 0 Å². The molecule has 0 bridgehead atoms. The molecule has 2 N–H and O–H groups in total. The molecule has 0 aliphatic carbocycles. The maximum absolute atomic E-state index is 5.52. The maximum atomic E-state index is 5.52. The summed E-state index contributed by atoms with van der Waals surface area (Å²) in [5, 5.41) is 0. The predicted octanol–water partition coefficient (Wildman–Crippen LogP) is 1.94. The molecule has 0 spiro atoms. The fraction of sp³-hybridized carbons (Fsp3) is 0.385. The summed E-state index contributed by atoms with van der Waals surface area (Å²) in [5.74, 6) is 0. The summed E-state index contributed by atoms with van der Waals surface area (Å²) in [5.41, 5.74) is 9.29. The number of nitrogens with two attached hydrogens (primary N) is 1. The van der Waals surface area contributed by atoms with Crippen molar-refractivity contribution in [2.24, 2.45) is 5.73 Å². The Balaban J connectivity index is 2.55. The topological polar surface area (TPSA) is 29.3 Å². The molecule has 0 saturated heterocycles. The van der Waals surface area contributed by atoms with Gasteiger partial charge in [-0.2, -0.15) is 0 Å². The van der Waals surface area contributed by atoms with Crippen LogP contribution >= 0.6 is 0 Å². The van der Waals surface area contributed by atoms with E-state index in [-0.39, 0.29) is 0 Å². The highest BCUT2D eigenvalue weighted by molar-refractivity contribution is 5.25. The first-order valence-corrected chi connectivity index (χ1v) is 5.23. The van der Waals surface area contributed by atoms with E-state index in [1.165, 1.54) is 11.1 Å². The Morgan fingerprint density at radius 3 is 2.67 bits per heavy atom. The average molecular weight is 204 g/mol. The van der Waals surface area contributed by atoms with Crippen molar-refractivity contribution in [1.29, 1.82) is 0 Å². The van der Waals surface area contributed by atoms with Gasteiger partial charge in [-0.1, -0.05) is 30.8 Å². The summed E-state index contributed by atoms with van der Waals surface area (Å²) in [6, 6.07) is 8.45. The SMILES string of the molecule is C=C(CN)CN(C)Cc1ccccc1C. The second kappa shape index (κ2) is 5.69. The first kappa shape index (κ1) is 12.0. The van der Waals surface area contributed by atoms with Gasteiger partial charge in [-0.05, 0) is 30.7 Å². The Kier molecular flexibility index (Phi) is 4.53. The van der Waals surface area contributed by atoms with Crippen molar-refractivity contribution in [2.75, 3.05) is 20.1 Å². The summed E-state index contributed by atoms with van der Waals surface area (Å²) in [6.07, 6.45) is 0. The number of nitrogens with zero attached hydrogens (tertiary/aromatic N) is 1. The normalized spacial score (nSPS) is 10.7. The van der Waals surface area contributed by atoms with Gasteiger partial charge in [0.1, 0.15) is 0 Å². The summed E-state index contributed by atoms with van der Waals surface area (Å²) < 4.78 is 0. The van der Waals surface area contributed by atoms with E-state index in [4.69, 9.17) is 5.73 Å². The van der Waals surface area contributed by atoms with Crippen LogP contribution < -0.4 is 5.73 Å². The molecule has 2 nitrogen and oxygen atoms in total. The Hall–Kier alpha value is -1.12. The van der Waals surface area contributed by atoms with Gasteiger partial charge in [-0.15, -0.1) is 0 Å². The minimum Gasteiger partial charge on any atom is -0.327 e. The van der Waals surface area contributed by atoms with Gasteiger partial charge < -0.3 is 5.73 Å². The Morgan fingerprint density at radius 1 is 1.40 bits per heavy atom. The highest BCUT2D eigenvalue weighted by atomic mass is 15.1. The van der Waals surface area contributed by atoms with Gasteiger partial charge in [0, 0.05) is 19.6 Å². The van der Waals surface area contributed by atoms with E-state index in [9.17, 15) is 0 Å². The minimum absolute atomic E-state index is 0.568. The third-order valence-electron chi connectivity index (χ3n) is 2.48. The molecule has 1 aromatic rings. The zero-order valence-corrected chi connectivity index (χ0v) is 9.66. The molecule has 0 atom stereocenters. The van der Waals surface area contributed by atoms with E-state index < -0.39 is 0 Å². The van der Waals surface area contributed by atoms with Gasteiger partial charge in [0.25, 0.3) is 0 Å². The molecule has 0 unspecified atom stereocenters. The Bertz CT molecular complexity index is 331. The summed E-state index contributed by atoms with van der Waals surface area (Å²) in [7, 11) is 2.09. The highest BCUT2D eigenvalue weighted by Gasteiger charge is 2.03. The van der Waals surface area contributed by atoms with Crippen molar-refractivity contribution in [3.05, 3.63) is 47.5 Å².